The SMILES string of the molecule is CCCNC(=O)c1ccc2c(=O)n(CC(C)C)c(SCc3ccc([N+](=O)[O-])cc3)nc2c1. The number of aromatic nitrogens is 2. The Kier molecular flexibility index (Phi) is 7.63. The zero-order valence-electron chi connectivity index (χ0n) is 18.3. The Morgan fingerprint density at radius 3 is 2.56 bits per heavy atom. The highest BCUT2D eigenvalue weighted by Gasteiger charge is 2.15. The summed E-state index contributed by atoms with van der Waals surface area (Å²) in [5.41, 5.74) is 1.72. The summed E-state index contributed by atoms with van der Waals surface area (Å²) in [4.78, 5) is 40.7. The summed E-state index contributed by atoms with van der Waals surface area (Å²) in [5.74, 6) is 0.553. The first-order valence-electron chi connectivity index (χ1n) is 10.5. The molecule has 2 aromatic carbocycles. The van der Waals surface area contributed by atoms with Gasteiger partial charge in [0.05, 0.1) is 15.8 Å². The smallest absolute Gasteiger partial charge is 0.269 e. The third-order valence-corrected chi connectivity index (χ3v) is 5.83. The number of non-ortho nitro benzene ring substituents is 1. The number of carbonyl (C=O) groups is 1. The van der Waals surface area contributed by atoms with Crippen LogP contribution in [0, 0.1) is 16.0 Å². The largest absolute Gasteiger partial charge is 0.352 e. The average Bonchev–Trinajstić information content (AvgIpc) is 2.77. The number of amides is 1. The van der Waals surface area contributed by atoms with Crippen LogP contribution in [-0.2, 0) is 12.3 Å². The Bertz CT molecular complexity index is 1190. The summed E-state index contributed by atoms with van der Waals surface area (Å²) in [7, 11) is 0. The van der Waals surface area contributed by atoms with Gasteiger partial charge in [-0.1, -0.05) is 44.7 Å². The van der Waals surface area contributed by atoms with Crippen LogP contribution in [0.4, 0.5) is 5.69 Å². The van der Waals surface area contributed by atoms with E-state index in [-0.39, 0.29) is 23.1 Å². The number of hydrogen-bond donors (Lipinski definition) is 1. The average molecular weight is 455 g/mol. The lowest BCUT2D eigenvalue weighted by Gasteiger charge is -2.15. The van der Waals surface area contributed by atoms with Crippen molar-refractivity contribution in [2.24, 2.45) is 5.92 Å². The molecule has 0 fully saturated rings. The summed E-state index contributed by atoms with van der Waals surface area (Å²) in [6, 6.07) is 11.3. The van der Waals surface area contributed by atoms with Crippen LogP contribution in [-0.4, -0.2) is 26.9 Å². The molecule has 0 radical (unpaired) electrons. The molecule has 0 unspecified atom stereocenters. The second-order valence-corrected chi connectivity index (χ2v) is 8.85. The third kappa shape index (κ3) is 5.53. The lowest BCUT2D eigenvalue weighted by molar-refractivity contribution is -0.384. The van der Waals surface area contributed by atoms with Crippen molar-refractivity contribution in [2.45, 2.75) is 44.6 Å². The fourth-order valence-electron chi connectivity index (χ4n) is 3.18. The van der Waals surface area contributed by atoms with Crippen LogP contribution in [0.1, 0.15) is 43.1 Å². The van der Waals surface area contributed by atoms with E-state index in [1.165, 1.54) is 23.9 Å². The highest BCUT2D eigenvalue weighted by molar-refractivity contribution is 7.98. The van der Waals surface area contributed by atoms with E-state index in [4.69, 9.17) is 4.98 Å². The molecule has 0 aliphatic carbocycles. The van der Waals surface area contributed by atoms with Crippen molar-refractivity contribution in [1.82, 2.24) is 14.9 Å². The molecule has 9 heteroatoms. The normalized spacial score (nSPS) is 11.1. The van der Waals surface area contributed by atoms with E-state index in [1.54, 1.807) is 34.9 Å². The van der Waals surface area contributed by atoms with Crippen molar-refractivity contribution in [2.75, 3.05) is 6.54 Å². The number of carbonyl (C=O) groups excluding carboxylic acids is 1. The van der Waals surface area contributed by atoms with Crippen LogP contribution in [0.25, 0.3) is 10.9 Å². The Balaban J connectivity index is 1.96. The van der Waals surface area contributed by atoms with E-state index in [0.29, 0.717) is 40.5 Å². The molecule has 0 atom stereocenters. The van der Waals surface area contributed by atoms with Gasteiger partial charge >= 0.3 is 0 Å². The van der Waals surface area contributed by atoms with Crippen molar-refractivity contribution < 1.29 is 9.72 Å². The van der Waals surface area contributed by atoms with Gasteiger partial charge in [0.1, 0.15) is 0 Å². The maximum Gasteiger partial charge on any atom is 0.269 e. The second kappa shape index (κ2) is 10.4. The first kappa shape index (κ1) is 23.5. The molecule has 0 bridgehead atoms. The van der Waals surface area contributed by atoms with E-state index >= 15 is 0 Å². The third-order valence-electron chi connectivity index (χ3n) is 4.78. The number of fused-ring (bicyclic) bond motifs is 1. The monoisotopic (exact) mass is 454 g/mol. The fraction of sp³-hybridized carbons (Fsp3) is 0.348. The van der Waals surface area contributed by atoms with E-state index in [0.717, 1.165) is 12.0 Å². The number of nitrogens with one attached hydrogen (secondary N) is 1. The van der Waals surface area contributed by atoms with Gasteiger partial charge in [-0.2, -0.15) is 0 Å². The highest BCUT2D eigenvalue weighted by atomic mass is 32.2. The molecule has 8 nitrogen and oxygen atoms in total. The molecule has 32 heavy (non-hydrogen) atoms. The van der Waals surface area contributed by atoms with Gasteiger partial charge in [-0.15, -0.1) is 0 Å². The number of nitro groups is 1. The summed E-state index contributed by atoms with van der Waals surface area (Å²) < 4.78 is 1.67. The molecule has 1 aromatic heterocycles. The number of thioether (sulfide) groups is 1. The molecule has 0 saturated heterocycles. The van der Waals surface area contributed by atoms with Gasteiger partial charge in [0.15, 0.2) is 5.16 Å². The minimum Gasteiger partial charge on any atom is -0.352 e. The Morgan fingerprint density at radius 1 is 1.22 bits per heavy atom. The van der Waals surface area contributed by atoms with Crippen LogP contribution < -0.4 is 10.9 Å². The van der Waals surface area contributed by atoms with E-state index in [2.05, 4.69) is 5.32 Å². The summed E-state index contributed by atoms with van der Waals surface area (Å²) in [6.45, 7) is 7.14. The number of nitrogens with zero attached hydrogens (tertiary/aromatic N) is 3. The van der Waals surface area contributed by atoms with Gasteiger partial charge in [0.2, 0.25) is 0 Å². The number of benzene rings is 2. The molecule has 3 rings (SSSR count). The van der Waals surface area contributed by atoms with Crippen LogP contribution in [0.2, 0.25) is 0 Å². The summed E-state index contributed by atoms with van der Waals surface area (Å²) in [5, 5.41) is 14.7. The topological polar surface area (TPSA) is 107 Å². The lowest BCUT2D eigenvalue weighted by Crippen LogP contribution is -2.26. The zero-order chi connectivity index (χ0) is 23.3. The molecule has 0 spiro atoms. The Labute approximate surface area is 190 Å². The van der Waals surface area contributed by atoms with Gasteiger partial charge in [0, 0.05) is 36.5 Å². The molecule has 0 aliphatic heterocycles. The van der Waals surface area contributed by atoms with Crippen LogP contribution >= 0.6 is 11.8 Å². The molecule has 1 N–H and O–H groups in total. The van der Waals surface area contributed by atoms with E-state index in [9.17, 15) is 19.7 Å². The maximum atomic E-state index is 13.2. The molecular weight excluding hydrogens is 428 g/mol. The van der Waals surface area contributed by atoms with Crippen molar-refractivity contribution in [3.05, 3.63) is 74.1 Å². The van der Waals surface area contributed by atoms with Gasteiger partial charge in [-0.3, -0.25) is 24.3 Å². The summed E-state index contributed by atoms with van der Waals surface area (Å²) >= 11 is 1.39. The molecule has 1 heterocycles. The minimum absolute atomic E-state index is 0.0353. The number of nitro benzene ring substituents is 1. The van der Waals surface area contributed by atoms with Crippen LogP contribution in [0.5, 0.6) is 0 Å². The van der Waals surface area contributed by atoms with Crippen molar-refractivity contribution in [3.8, 4) is 0 Å². The van der Waals surface area contributed by atoms with Gasteiger partial charge in [0.25, 0.3) is 17.2 Å². The first-order chi connectivity index (χ1) is 15.3. The van der Waals surface area contributed by atoms with E-state index in [1.807, 2.05) is 20.8 Å². The predicted octanol–water partition coefficient (Wildman–Crippen LogP) is 4.39. The number of hydrogen-bond acceptors (Lipinski definition) is 6. The fourth-order valence-corrected chi connectivity index (χ4v) is 4.15. The molecular formula is C23H26N4O4S. The standard InChI is InChI=1S/C23H26N4O4S/c1-4-11-24-21(28)17-7-10-19-20(12-17)25-23(26(22(19)29)13-15(2)3)32-14-16-5-8-18(9-6-16)27(30)31/h5-10,12,15H,4,11,13-14H2,1-3H3,(H,24,28). The first-order valence-corrected chi connectivity index (χ1v) is 11.5. The van der Waals surface area contributed by atoms with Crippen molar-refractivity contribution in [1.29, 1.82) is 0 Å². The Hall–Kier alpha value is -3.20. The molecule has 168 valence electrons. The second-order valence-electron chi connectivity index (χ2n) is 7.90. The Morgan fingerprint density at radius 2 is 1.94 bits per heavy atom. The van der Waals surface area contributed by atoms with Gasteiger partial charge < -0.3 is 5.32 Å². The van der Waals surface area contributed by atoms with Gasteiger partial charge in [-0.05, 0) is 36.1 Å². The van der Waals surface area contributed by atoms with Crippen molar-refractivity contribution in [3.63, 3.8) is 0 Å². The van der Waals surface area contributed by atoms with E-state index < -0.39 is 4.92 Å². The maximum absolute atomic E-state index is 13.2. The zero-order valence-corrected chi connectivity index (χ0v) is 19.1. The number of rotatable bonds is 9. The van der Waals surface area contributed by atoms with Crippen LogP contribution in [0.15, 0.2) is 52.4 Å². The highest BCUT2D eigenvalue weighted by Crippen LogP contribution is 2.24. The lowest BCUT2D eigenvalue weighted by atomic mass is 10.1. The molecule has 0 saturated carbocycles. The minimum atomic E-state index is -0.434. The molecule has 0 aliphatic rings. The molecule has 1 amide bonds. The van der Waals surface area contributed by atoms with Crippen LogP contribution in [0.3, 0.4) is 0 Å². The van der Waals surface area contributed by atoms with Gasteiger partial charge in [-0.25, -0.2) is 4.98 Å². The predicted molar refractivity (Wildman–Crippen MR) is 126 cm³/mol. The van der Waals surface area contributed by atoms with Crippen molar-refractivity contribution >= 4 is 34.3 Å². The quantitative estimate of drug-likeness (QED) is 0.222. The summed E-state index contributed by atoms with van der Waals surface area (Å²) in [6.07, 6.45) is 0.834. The molecule has 3 aromatic rings.